The third kappa shape index (κ3) is 4.35. The smallest absolute Gasteiger partial charge is 0.220 e. The number of nitrogens with zero attached hydrogens (tertiary/aromatic N) is 1. The predicted molar refractivity (Wildman–Crippen MR) is 118 cm³/mol. The summed E-state index contributed by atoms with van der Waals surface area (Å²) in [7, 11) is 11.2. The first-order chi connectivity index (χ1) is 14.2. The van der Waals surface area contributed by atoms with Gasteiger partial charge in [-0.3, -0.25) is 4.79 Å². The molecule has 1 aliphatic carbocycles. The van der Waals surface area contributed by atoms with Gasteiger partial charge in [0.25, 0.3) is 0 Å². The van der Waals surface area contributed by atoms with Gasteiger partial charge in [-0.2, -0.15) is 0 Å². The van der Waals surface area contributed by atoms with Crippen molar-refractivity contribution < 1.29 is 47.8 Å². The average Bonchev–Trinajstić information content (AvgIpc) is 2.94. The van der Waals surface area contributed by atoms with Gasteiger partial charge in [0, 0.05) is 23.1 Å². The lowest BCUT2D eigenvalue weighted by Crippen LogP contribution is -3.00. The van der Waals surface area contributed by atoms with Crippen LogP contribution < -0.4 is 43.6 Å². The zero-order valence-corrected chi connectivity index (χ0v) is 21.5. The molecule has 1 N–H and O–H groups in total. The lowest BCUT2D eigenvalue weighted by atomic mass is 9.90. The molecule has 2 aromatic rings. The Balaban J connectivity index is 0.00000341. The highest BCUT2D eigenvalue weighted by Crippen LogP contribution is 2.53. The van der Waals surface area contributed by atoms with E-state index >= 15 is 0 Å². The minimum atomic E-state index is -0.381. The lowest BCUT2D eigenvalue weighted by Gasteiger charge is -2.34. The maximum Gasteiger partial charge on any atom is 0.220 e. The van der Waals surface area contributed by atoms with Gasteiger partial charge in [0.15, 0.2) is 17.2 Å². The Kier molecular flexibility index (Phi) is 7.86. The van der Waals surface area contributed by atoms with Gasteiger partial charge in [-0.25, -0.2) is 0 Å². The number of methoxy groups -OCH3 is 3. The number of hydrogen-bond acceptors (Lipinski definition) is 5. The molecule has 1 aliphatic rings. The molecule has 0 radical (unpaired) electrons. The molecule has 1 atom stereocenters. The van der Waals surface area contributed by atoms with Gasteiger partial charge < -0.3 is 47.8 Å². The molecule has 0 aromatic heterocycles. The molecule has 0 amide bonds. The van der Waals surface area contributed by atoms with E-state index in [1.807, 2.05) is 6.07 Å². The molecule has 0 unspecified atom stereocenters. The number of benzene rings is 1. The first-order valence-electron chi connectivity index (χ1n) is 10.2. The molecule has 3 rings (SSSR count). The highest BCUT2D eigenvalue weighted by Gasteiger charge is 2.36. The van der Waals surface area contributed by atoms with E-state index in [1.165, 1.54) is 6.07 Å². The number of halogens is 1. The zero-order chi connectivity index (χ0) is 22.2. The van der Waals surface area contributed by atoms with Crippen LogP contribution in [0, 0.1) is 0 Å². The molecule has 170 valence electrons. The van der Waals surface area contributed by atoms with Gasteiger partial charge in [-0.05, 0) is 42.2 Å². The van der Waals surface area contributed by atoms with E-state index < -0.39 is 0 Å². The van der Waals surface area contributed by atoms with Crippen LogP contribution in [0.4, 0.5) is 0 Å². The minimum Gasteiger partial charge on any atom is -1.00 e. The van der Waals surface area contributed by atoms with Gasteiger partial charge in [-0.15, -0.1) is 0 Å². The molecule has 0 heterocycles. The molecule has 31 heavy (non-hydrogen) atoms. The maximum absolute atomic E-state index is 12.6. The summed E-state index contributed by atoms with van der Waals surface area (Å²) in [6.45, 7) is 2.10. The van der Waals surface area contributed by atoms with Gasteiger partial charge in [0.1, 0.15) is 6.04 Å². The molecule has 0 fully saturated rings. The summed E-state index contributed by atoms with van der Waals surface area (Å²) in [5.41, 5.74) is 4.53. The van der Waals surface area contributed by atoms with Crippen molar-refractivity contribution >= 4 is 0 Å². The second-order valence-electron chi connectivity index (χ2n) is 8.55. The van der Waals surface area contributed by atoms with Crippen LogP contribution in [0.5, 0.6) is 23.0 Å². The first kappa shape index (κ1) is 25.3. The Labute approximate surface area is 201 Å². The molecule has 7 heteroatoms. The van der Waals surface area contributed by atoms with Gasteiger partial charge in [0.2, 0.25) is 11.2 Å². The van der Waals surface area contributed by atoms with E-state index in [9.17, 15) is 9.90 Å². The van der Waals surface area contributed by atoms with Crippen molar-refractivity contribution in [2.24, 2.45) is 0 Å². The summed E-state index contributed by atoms with van der Waals surface area (Å²) >= 11 is 0. The highest BCUT2D eigenvalue weighted by molar-refractivity contribution is 5.84. The Morgan fingerprint density at radius 2 is 1.65 bits per heavy atom. The number of hydrogen-bond donors (Lipinski definition) is 1. The molecule has 0 bridgehead atoms. The lowest BCUT2D eigenvalue weighted by molar-refractivity contribution is -0.902. The van der Waals surface area contributed by atoms with Gasteiger partial charge >= 0.3 is 0 Å². The molecular formula is C24H32INO5. The predicted octanol–water partition coefficient (Wildman–Crippen LogP) is 0.705. The number of quaternary nitrogens is 1. The second-order valence-corrected chi connectivity index (χ2v) is 8.55. The van der Waals surface area contributed by atoms with Crippen LogP contribution in [-0.2, 0) is 12.8 Å². The van der Waals surface area contributed by atoms with Crippen molar-refractivity contribution in [1.82, 2.24) is 0 Å². The highest BCUT2D eigenvalue weighted by atomic mass is 127. The topological polar surface area (TPSA) is 65.0 Å². The van der Waals surface area contributed by atoms with Crippen molar-refractivity contribution in [3.8, 4) is 34.1 Å². The normalized spacial score (nSPS) is 15.1. The number of rotatable bonds is 5. The fourth-order valence-corrected chi connectivity index (χ4v) is 4.69. The summed E-state index contributed by atoms with van der Waals surface area (Å²) in [6.07, 6.45) is 2.43. The van der Waals surface area contributed by atoms with Crippen molar-refractivity contribution in [2.75, 3.05) is 42.5 Å². The number of aromatic hydroxyl groups is 1. The SMILES string of the molecule is CCc1c2c(c(OC)c(OC)c1OC)-c1ccc(O)c(=O)cc1[C@@H]([N+](C)(C)C)CC2.[I-]. The van der Waals surface area contributed by atoms with Crippen LogP contribution in [0.25, 0.3) is 11.1 Å². The fraction of sp³-hybridized carbons (Fsp3) is 0.458. The van der Waals surface area contributed by atoms with Crippen molar-refractivity contribution in [3.63, 3.8) is 0 Å². The third-order valence-corrected chi connectivity index (χ3v) is 6.03. The fourth-order valence-electron chi connectivity index (χ4n) is 4.69. The largest absolute Gasteiger partial charge is 1.00 e. The summed E-state index contributed by atoms with van der Waals surface area (Å²) in [5, 5.41) is 10.2. The molecule has 0 saturated heterocycles. The third-order valence-electron chi connectivity index (χ3n) is 6.03. The first-order valence-corrected chi connectivity index (χ1v) is 10.2. The van der Waals surface area contributed by atoms with Crippen LogP contribution in [0.2, 0.25) is 0 Å². The minimum absolute atomic E-state index is 0. The van der Waals surface area contributed by atoms with E-state index in [0.717, 1.165) is 47.1 Å². The van der Waals surface area contributed by atoms with Crippen molar-refractivity contribution in [3.05, 3.63) is 45.1 Å². The molecule has 0 aliphatic heterocycles. The molecule has 2 aromatic carbocycles. The maximum atomic E-state index is 12.6. The molecule has 6 nitrogen and oxygen atoms in total. The molecular weight excluding hydrogens is 509 g/mol. The van der Waals surface area contributed by atoms with Crippen LogP contribution in [0.15, 0.2) is 23.0 Å². The van der Waals surface area contributed by atoms with Crippen LogP contribution in [0.1, 0.15) is 36.1 Å². The molecule has 0 saturated carbocycles. The Hall–Kier alpha value is -2.00. The van der Waals surface area contributed by atoms with E-state index in [2.05, 4.69) is 28.1 Å². The Bertz CT molecular complexity index is 1030. The summed E-state index contributed by atoms with van der Waals surface area (Å²) in [4.78, 5) is 12.6. The second kappa shape index (κ2) is 9.65. The van der Waals surface area contributed by atoms with Crippen molar-refractivity contribution in [2.45, 2.75) is 32.2 Å². The average molecular weight is 541 g/mol. The molecule has 0 spiro atoms. The Morgan fingerprint density at radius 3 is 2.16 bits per heavy atom. The monoisotopic (exact) mass is 541 g/mol. The van der Waals surface area contributed by atoms with E-state index in [1.54, 1.807) is 27.4 Å². The van der Waals surface area contributed by atoms with E-state index in [-0.39, 0.29) is 41.2 Å². The van der Waals surface area contributed by atoms with Gasteiger partial charge in [-0.1, -0.05) is 6.92 Å². The quantitative estimate of drug-likeness (QED) is 0.447. The standard InChI is InChI=1S/C24H31NO5.HI/c1-8-14-15-9-11-18(25(2,3)4)17-13-20(27)19(26)12-10-16(17)21(15)23(29-6)24(30-7)22(14)28-5;/h10,12-13,18H,8-9,11H2,1-7H3;1H/t18-;/m0./s1. The summed E-state index contributed by atoms with van der Waals surface area (Å²) < 4.78 is 18.0. The zero-order valence-electron chi connectivity index (χ0n) is 19.3. The number of fused-ring (bicyclic) bond motifs is 3. The summed E-state index contributed by atoms with van der Waals surface area (Å²) in [6, 6.07) is 4.95. The summed E-state index contributed by atoms with van der Waals surface area (Å²) in [5.74, 6) is 1.56. The van der Waals surface area contributed by atoms with Crippen LogP contribution in [0.3, 0.4) is 0 Å². The van der Waals surface area contributed by atoms with Crippen LogP contribution >= 0.6 is 0 Å². The van der Waals surface area contributed by atoms with E-state index in [4.69, 9.17) is 14.2 Å². The van der Waals surface area contributed by atoms with Gasteiger partial charge in [0.05, 0.1) is 42.5 Å². The van der Waals surface area contributed by atoms with E-state index in [0.29, 0.717) is 21.7 Å². The van der Waals surface area contributed by atoms with Crippen molar-refractivity contribution in [1.29, 1.82) is 0 Å². The Morgan fingerprint density at radius 1 is 1.03 bits per heavy atom. The van der Waals surface area contributed by atoms with Crippen LogP contribution in [-0.4, -0.2) is 52.1 Å². The number of ether oxygens (including phenoxy) is 3.